The van der Waals surface area contributed by atoms with E-state index in [2.05, 4.69) is 46.1 Å². The molecule has 0 atom stereocenters. The fourth-order valence-corrected chi connectivity index (χ4v) is 3.03. The highest BCUT2D eigenvalue weighted by atomic mass is 79.9. The van der Waals surface area contributed by atoms with E-state index in [1.807, 2.05) is 19.1 Å². The first kappa shape index (κ1) is 18.5. The molecule has 0 aliphatic rings. The maximum atomic E-state index is 13.8. The highest BCUT2D eigenvalue weighted by Crippen LogP contribution is 2.23. The number of carbonyl (C=O) groups is 1. The van der Waals surface area contributed by atoms with Crippen molar-refractivity contribution >= 4 is 33.2 Å². The van der Waals surface area contributed by atoms with Crippen LogP contribution in [0.3, 0.4) is 0 Å². The number of hydrogen-bond donors (Lipinski definition) is 1. The third-order valence-electron chi connectivity index (χ3n) is 3.97. The number of halogens is 2. The number of aryl methyl sites for hydroxylation is 1. The molecule has 0 spiro atoms. The van der Waals surface area contributed by atoms with E-state index in [0.29, 0.717) is 5.56 Å². The van der Waals surface area contributed by atoms with Gasteiger partial charge in [0.2, 0.25) is 5.91 Å². The van der Waals surface area contributed by atoms with E-state index in [1.54, 1.807) is 12.1 Å². The molecule has 0 aromatic heterocycles. The summed E-state index contributed by atoms with van der Waals surface area (Å²) in [5.74, 6) is -0.604. The summed E-state index contributed by atoms with van der Waals surface area (Å²) in [7, 11) is 0. The molecule has 0 unspecified atom stereocenters. The Morgan fingerprint density at radius 3 is 2.50 bits per heavy atom. The first-order valence-electron chi connectivity index (χ1n) is 8.04. The van der Waals surface area contributed by atoms with E-state index >= 15 is 0 Å². The van der Waals surface area contributed by atoms with Gasteiger partial charge in [0, 0.05) is 28.9 Å². The van der Waals surface area contributed by atoms with Crippen LogP contribution >= 0.6 is 15.9 Å². The van der Waals surface area contributed by atoms with Gasteiger partial charge in [-0.05, 0) is 68.3 Å². The lowest BCUT2D eigenvalue weighted by Gasteiger charge is -2.22. The van der Waals surface area contributed by atoms with E-state index in [9.17, 15) is 9.18 Å². The quantitative estimate of drug-likeness (QED) is 0.755. The molecule has 0 aliphatic heterocycles. The molecule has 0 bridgehead atoms. The second kappa shape index (κ2) is 8.29. The maximum absolute atomic E-state index is 13.8. The van der Waals surface area contributed by atoms with Crippen LogP contribution in [0.25, 0.3) is 0 Å². The molecule has 3 nitrogen and oxygen atoms in total. The first-order chi connectivity index (χ1) is 11.4. The van der Waals surface area contributed by atoms with Gasteiger partial charge in [-0.2, -0.15) is 0 Å². The summed E-state index contributed by atoms with van der Waals surface area (Å²) in [6.45, 7) is 8.05. The minimum absolute atomic E-state index is 0.00249. The molecule has 5 heteroatoms. The number of nitrogens with zero attached hydrogens (tertiary/aromatic N) is 1. The van der Waals surface area contributed by atoms with Gasteiger partial charge in [0.05, 0.1) is 6.42 Å². The van der Waals surface area contributed by atoms with Crippen molar-refractivity contribution in [2.24, 2.45) is 0 Å². The topological polar surface area (TPSA) is 32.3 Å². The zero-order valence-corrected chi connectivity index (χ0v) is 15.8. The van der Waals surface area contributed by atoms with Gasteiger partial charge in [0.1, 0.15) is 5.82 Å². The van der Waals surface area contributed by atoms with Crippen LogP contribution in [-0.4, -0.2) is 19.0 Å². The SMILES string of the molecule is CCN(CC)c1ccc(NC(=O)Cc2cc(Br)ccc2F)c(C)c1. The molecule has 1 N–H and O–H groups in total. The Kier molecular flexibility index (Phi) is 6.37. The lowest BCUT2D eigenvalue weighted by Crippen LogP contribution is -2.22. The second-order valence-corrected chi connectivity index (χ2v) is 6.55. The summed E-state index contributed by atoms with van der Waals surface area (Å²) in [6, 6.07) is 10.6. The number of anilines is 2. The normalized spacial score (nSPS) is 10.5. The molecular formula is C19H22BrFN2O. The average molecular weight is 393 g/mol. The third kappa shape index (κ3) is 4.57. The summed E-state index contributed by atoms with van der Waals surface area (Å²) in [4.78, 5) is 14.5. The van der Waals surface area contributed by atoms with Crippen molar-refractivity contribution in [2.45, 2.75) is 27.2 Å². The predicted octanol–water partition coefficient (Wildman–Crippen LogP) is 4.92. The lowest BCUT2D eigenvalue weighted by atomic mass is 10.1. The van der Waals surface area contributed by atoms with E-state index in [1.165, 1.54) is 6.07 Å². The molecule has 0 saturated heterocycles. The van der Waals surface area contributed by atoms with Gasteiger partial charge < -0.3 is 10.2 Å². The monoisotopic (exact) mass is 392 g/mol. The molecule has 2 aromatic rings. The van der Waals surface area contributed by atoms with Gasteiger partial charge >= 0.3 is 0 Å². The van der Waals surface area contributed by atoms with Crippen LogP contribution in [0.15, 0.2) is 40.9 Å². The Bertz CT molecular complexity index is 729. The fourth-order valence-electron chi connectivity index (χ4n) is 2.62. The van der Waals surface area contributed by atoms with E-state index in [0.717, 1.165) is 34.5 Å². The van der Waals surface area contributed by atoms with Crippen LogP contribution < -0.4 is 10.2 Å². The average Bonchev–Trinajstić information content (AvgIpc) is 2.54. The second-order valence-electron chi connectivity index (χ2n) is 5.63. The molecule has 1 amide bonds. The van der Waals surface area contributed by atoms with Crippen LogP contribution in [-0.2, 0) is 11.2 Å². The van der Waals surface area contributed by atoms with Crippen molar-refractivity contribution in [2.75, 3.05) is 23.3 Å². The number of rotatable bonds is 6. The molecule has 0 aliphatic carbocycles. The summed E-state index contributed by atoms with van der Waals surface area (Å²) >= 11 is 3.30. The largest absolute Gasteiger partial charge is 0.372 e. The van der Waals surface area contributed by atoms with Crippen molar-refractivity contribution < 1.29 is 9.18 Å². The van der Waals surface area contributed by atoms with E-state index in [-0.39, 0.29) is 18.1 Å². The van der Waals surface area contributed by atoms with Crippen LogP contribution in [0, 0.1) is 12.7 Å². The fraction of sp³-hybridized carbons (Fsp3) is 0.316. The molecule has 0 fully saturated rings. The molecular weight excluding hydrogens is 371 g/mol. The van der Waals surface area contributed by atoms with Crippen LogP contribution in [0.2, 0.25) is 0 Å². The predicted molar refractivity (Wildman–Crippen MR) is 101 cm³/mol. The Balaban J connectivity index is 2.10. The lowest BCUT2D eigenvalue weighted by molar-refractivity contribution is -0.115. The number of carbonyl (C=O) groups excluding carboxylic acids is 1. The van der Waals surface area contributed by atoms with E-state index < -0.39 is 0 Å². The Morgan fingerprint density at radius 2 is 1.88 bits per heavy atom. The molecule has 24 heavy (non-hydrogen) atoms. The summed E-state index contributed by atoms with van der Waals surface area (Å²) in [5, 5.41) is 2.87. The van der Waals surface area contributed by atoms with Crippen molar-refractivity contribution in [3.8, 4) is 0 Å². The van der Waals surface area contributed by atoms with E-state index in [4.69, 9.17) is 0 Å². The highest BCUT2D eigenvalue weighted by molar-refractivity contribution is 9.10. The van der Waals surface area contributed by atoms with Crippen molar-refractivity contribution in [3.05, 3.63) is 57.8 Å². The van der Waals surface area contributed by atoms with Crippen LogP contribution in [0.4, 0.5) is 15.8 Å². The van der Waals surface area contributed by atoms with Gasteiger partial charge in [-0.3, -0.25) is 4.79 Å². The van der Waals surface area contributed by atoms with Crippen molar-refractivity contribution in [1.29, 1.82) is 0 Å². The smallest absolute Gasteiger partial charge is 0.228 e. The minimum Gasteiger partial charge on any atom is -0.372 e. The molecule has 2 rings (SSSR count). The summed E-state index contributed by atoms with van der Waals surface area (Å²) < 4.78 is 14.5. The molecule has 128 valence electrons. The Labute approximate surface area is 151 Å². The molecule has 0 radical (unpaired) electrons. The van der Waals surface area contributed by atoms with Crippen molar-refractivity contribution in [1.82, 2.24) is 0 Å². The maximum Gasteiger partial charge on any atom is 0.228 e. The van der Waals surface area contributed by atoms with Gasteiger partial charge in [-0.15, -0.1) is 0 Å². The molecule has 0 heterocycles. The zero-order chi connectivity index (χ0) is 17.7. The first-order valence-corrected chi connectivity index (χ1v) is 8.83. The van der Waals surface area contributed by atoms with Crippen LogP contribution in [0.1, 0.15) is 25.0 Å². The standard InChI is InChI=1S/C19H22BrFN2O/c1-4-23(5-2)16-7-9-18(13(3)10-16)22-19(24)12-14-11-15(20)6-8-17(14)21/h6-11H,4-5,12H2,1-3H3,(H,22,24). The van der Waals surface area contributed by atoms with Crippen LogP contribution in [0.5, 0.6) is 0 Å². The van der Waals surface area contributed by atoms with Gasteiger partial charge in [0.15, 0.2) is 0 Å². The number of hydrogen-bond acceptors (Lipinski definition) is 2. The highest BCUT2D eigenvalue weighted by Gasteiger charge is 2.11. The van der Waals surface area contributed by atoms with Gasteiger partial charge in [-0.25, -0.2) is 4.39 Å². The Morgan fingerprint density at radius 1 is 1.17 bits per heavy atom. The molecule has 2 aromatic carbocycles. The number of nitrogens with one attached hydrogen (secondary N) is 1. The minimum atomic E-state index is -0.373. The number of benzene rings is 2. The zero-order valence-electron chi connectivity index (χ0n) is 14.2. The summed E-state index contributed by atoms with van der Waals surface area (Å²) in [5.41, 5.74) is 3.25. The number of amides is 1. The summed E-state index contributed by atoms with van der Waals surface area (Å²) in [6.07, 6.45) is 0.00249. The molecule has 0 saturated carbocycles. The Hall–Kier alpha value is -1.88. The van der Waals surface area contributed by atoms with Gasteiger partial charge in [0.25, 0.3) is 0 Å². The van der Waals surface area contributed by atoms with Gasteiger partial charge in [-0.1, -0.05) is 15.9 Å². The third-order valence-corrected chi connectivity index (χ3v) is 4.46. The van der Waals surface area contributed by atoms with Crippen molar-refractivity contribution in [3.63, 3.8) is 0 Å².